The minimum Gasteiger partial charge on any atom is -0.444 e. The largest absolute Gasteiger partial charge is 0.444 e. The molecule has 1 rings (SSSR count). The van der Waals surface area contributed by atoms with Crippen molar-refractivity contribution in [3.8, 4) is 0 Å². The molecular formula is C19H30N2O4. The molecule has 0 aliphatic heterocycles. The van der Waals surface area contributed by atoms with Crippen LogP contribution in [0.15, 0.2) is 30.3 Å². The summed E-state index contributed by atoms with van der Waals surface area (Å²) in [7, 11) is 0. The maximum atomic E-state index is 11.6. The summed E-state index contributed by atoms with van der Waals surface area (Å²) < 4.78 is 10.6. The Balaban J connectivity index is 1.94. The number of alkyl carbamates (subject to hydrolysis) is 1. The van der Waals surface area contributed by atoms with Crippen LogP contribution >= 0.6 is 0 Å². The average Bonchev–Trinajstić information content (AvgIpc) is 2.53. The van der Waals surface area contributed by atoms with Crippen LogP contribution in [-0.2, 0) is 20.7 Å². The van der Waals surface area contributed by atoms with E-state index in [9.17, 15) is 9.59 Å². The molecule has 0 heterocycles. The van der Waals surface area contributed by atoms with Crippen molar-refractivity contribution >= 4 is 12.0 Å². The van der Waals surface area contributed by atoms with Crippen LogP contribution in [0.3, 0.4) is 0 Å². The summed E-state index contributed by atoms with van der Waals surface area (Å²) in [5.41, 5.74) is 0.723. The summed E-state index contributed by atoms with van der Waals surface area (Å²) in [6.07, 6.45) is 1.38. The molecule has 0 atom stereocenters. The van der Waals surface area contributed by atoms with E-state index in [0.29, 0.717) is 19.8 Å². The zero-order valence-electron chi connectivity index (χ0n) is 15.5. The van der Waals surface area contributed by atoms with Crippen LogP contribution in [0, 0.1) is 0 Å². The zero-order chi connectivity index (χ0) is 18.5. The summed E-state index contributed by atoms with van der Waals surface area (Å²) in [5, 5.41) is 5.36. The highest BCUT2D eigenvalue weighted by Gasteiger charge is 2.15. The highest BCUT2D eigenvalue weighted by molar-refractivity contribution is 5.76. The van der Waals surface area contributed by atoms with Crippen molar-refractivity contribution < 1.29 is 19.1 Å². The van der Waals surface area contributed by atoms with Crippen LogP contribution in [0.2, 0.25) is 0 Å². The smallest absolute Gasteiger partial charge is 0.407 e. The van der Waals surface area contributed by atoms with E-state index in [1.165, 1.54) is 5.56 Å². The second-order valence-electron chi connectivity index (χ2n) is 6.73. The number of carbonyl (C=O) groups excluding carboxylic acids is 2. The molecule has 140 valence electrons. The van der Waals surface area contributed by atoms with Crippen LogP contribution in [0.1, 0.15) is 39.2 Å². The molecule has 1 aromatic rings. The van der Waals surface area contributed by atoms with Gasteiger partial charge in [0.2, 0.25) is 5.91 Å². The molecule has 6 nitrogen and oxygen atoms in total. The Morgan fingerprint density at radius 3 is 2.40 bits per heavy atom. The van der Waals surface area contributed by atoms with Crippen LogP contribution in [0.5, 0.6) is 0 Å². The molecule has 0 aromatic heterocycles. The first-order valence-corrected chi connectivity index (χ1v) is 8.72. The number of rotatable bonds is 10. The van der Waals surface area contributed by atoms with Crippen molar-refractivity contribution in [3.63, 3.8) is 0 Å². The number of amides is 2. The van der Waals surface area contributed by atoms with Gasteiger partial charge >= 0.3 is 6.09 Å². The van der Waals surface area contributed by atoms with Gasteiger partial charge in [0.05, 0.1) is 6.61 Å². The van der Waals surface area contributed by atoms with E-state index in [-0.39, 0.29) is 18.9 Å². The van der Waals surface area contributed by atoms with Crippen LogP contribution in [0.25, 0.3) is 0 Å². The Labute approximate surface area is 150 Å². The molecule has 6 heteroatoms. The summed E-state index contributed by atoms with van der Waals surface area (Å²) >= 11 is 0. The van der Waals surface area contributed by atoms with E-state index >= 15 is 0 Å². The summed E-state index contributed by atoms with van der Waals surface area (Å²) in [6.45, 7) is 7.50. The molecule has 0 saturated heterocycles. The fraction of sp³-hybridized carbons (Fsp3) is 0.579. The lowest BCUT2D eigenvalue weighted by Crippen LogP contribution is -2.35. The molecule has 0 aliphatic rings. The molecule has 0 bridgehead atoms. The van der Waals surface area contributed by atoms with E-state index in [2.05, 4.69) is 22.8 Å². The van der Waals surface area contributed by atoms with Crippen LogP contribution in [0.4, 0.5) is 4.79 Å². The molecule has 2 N–H and O–H groups in total. The van der Waals surface area contributed by atoms with Gasteiger partial charge in [0.1, 0.15) is 5.60 Å². The third-order valence-corrected chi connectivity index (χ3v) is 3.19. The molecule has 0 spiro atoms. The van der Waals surface area contributed by atoms with Gasteiger partial charge in [-0.1, -0.05) is 30.3 Å². The Bertz CT molecular complexity index is 512. The minimum atomic E-state index is -0.535. The van der Waals surface area contributed by atoms with Crippen molar-refractivity contribution in [2.24, 2.45) is 0 Å². The molecule has 2 amide bonds. The normalized spacial score (nSPS) is 11.0. The van der Waals surface area contributed by atoms with Gasteiger partial charge in [-0.05, 0) is 39.2 Å². The number of hydrogen-bond acceptors (Lipinski definition) is 4. The summed E-state index contributed by atoms with van der Waals surface area (Å²) in [4.78, 5) is 23.1. The highest BCUT2D eigenvalue weighted by atomic mass is 16.6. The molecule has 0 unspecified atom stereocenters. The fourth-order valence-corrected chi connectivity index (χ4v) is 2.02. The summed E-state index contributed by atoms with van der Waals surface area (Å²) in [5.74, 6) is -0.0969. The van der Waals surface area contributed by atoms with E-state index in [4.69, 9.17) is 9.47 Å². The van der Waals surface area contributed by atoms with E-state index in [1.54, 1.807) is 20.8 Å². The van der Waals surface area contributed by atoms with Gasteiger partial charge < -0.3 is 20.1 Å². The third kappa shape index (κ3) is 12.0. The van der Waals surface area contributed by atoms with Gasteiger partial charge in [-0.25, -0.2) is 4.79 Å². The van der Waals surface area contributed by atoms with Crippen molar-refractivity contribution in [3.05, 3.63) is 35.9 Å². The maximum absolute atomic E-state index is 11.6. The SMILES string of the molecule is CC(C)(C)OC(=O)NCCC(=O)NCCCOCCc1ccccc1. The van der Waals surface area contributed by atoms with Gasteiger partial charge in [0, 0.05) is 26.1 Å². The fourth-order valence-electron chi connectivity index (χ4n) is 2.02. The Kier molecular flexibility index (Phi) is 9.62. The lowest BCUT2D eigenvalue weighted by Gasteiger charge is -2.19. The molecule has 0 aliphatic carbocycles. The Hall–Kier alpha value is -2.08. The minimum absolute atomic E-state index is 0.0969. The maximum Gasteiger partial charge on any atom is 0.407 e. The molecule has 1 aromatic carbocycles. The van der Waals surface area contributed by atoms with Gasteiger partial charge in [0.15, 0.2) is 0 Å². The number of nitrogens with one attached hydrogen (secondary N) is 2. The van der Waals surface area contributed by atoms with Crippen LogP contribution < -0.4 is 10.6 Å². The standard InChI is InChI=1S/C19H30N2O4/c1-19(2,3)25-18(23)21-13-10-17(22)20-12-7-14-24-15-11-16-8-5-4-6-9-16/h4-6,8-9H,7,10-15H2,1-3H3,(H,20,22)(H,21,23). The average molecular weight is 350 g/mol. The molecular weight excluding hydrogens is 320 g/mol. The number of ether oxygens (including phenoxy) is 2. The van der Waals surface area contributed by atoms with Crippen LogP contribution in [-0.4, -0.2) is 43.9 Å². The second-order valence-corrected chi connectivity index (χ2v) is 6.73. The monoisotopic (exact) mass is 350 g/mol. The topological polar surface area (TPSA) is 76.7 Å². The second kappa shape index (κ2) is 11.5. The van der Waals surface area contributed by atoms with Gasteiger partial charge in [-0.15, -0.1) is 0 Å². The molecule has 25 heavy (non-hydrogen) atoms. The number of hydrogen-bond donors (Lipinski definition) is 2. The van der Waals surface area contributed by atoms with E-state index in [1.807, 2.05) is 18.2 Å². The number of carbonyl (C=O) groups is 2. The van der Waals surface area contributed by atoms with Crippen molar-refractivity contribution in [2.75, 3.05) is 26.3 Å². The predicted molar refractivity (Wildman–Crippen MR) is 97.4 cm³/mol. The lowest BCUT2D eigenvalue weighted by atomic mass is 10.2. The Morgan fingerprint density at radius 2 is 1.72 bits per heavy atom. The van der Waals surface area contributed by atoms with E-state index in [0.717, 1.165) is 12.8 Å². The first-order chi connectivity index (χ1) is 11.9. The summed E-state index contributed by atoms with van der Waals surface area (Å²) in [6, 6.07) is 10.2. The van der Waals surface area contributed by atoms with Crippen molar-refractivity contribution in [1.82, 2.24) is 10.6 Å². The Morgan fingerprint density at radius 1 is 1.00 bits per heavy atom. The zero-order valence-corrected chi connectivity index (χ0v) is 15.5. The quantitative estimate of drug-likeness (QED) is 0.636. The van der Waals surface area contributed by atoms with Gasteiger partial charge in [-0.2, -0.15) is 0 Å². The number of benzene rings is 1. The molecule has 0 radical (unpaired) electrons. The molecule has 0 saturated carbocycles. The van der Waals surface area contributed by atoms with E-state index < -0.39 is 11.7 Å². The lowest BCUT2D eigenvalue weighted by molar-refractivity contribution is -0.121. The highest BCUT2D eigenvalue weighted by Crippen LogP contribution is 2.06. The van der Waals surface area contributed by atoms with Crippen molar-refractivity contribution in [1.29, 1.82) is 0 Å². The first kappa shape index (κ1) is 21.0. The van der Waals surface area contributed by atoms with Crippen molar-refractivity contribution in [2.45, 2.75) is 45.6 Å². The van der Waals surface area contributed by atoms with Gasteiger partial charge in [0.25, 0.3) is 0 Å². The third-order valence-electron chi connectivity index (χ3n) is 3.19. The molecule has 0 fully saturated rings. The first-order valence-electron chi connectivity index (χ1n) is 8.72. The predicted octanol–water partition coefficient (Wildman–Crippen LogP) is 2.67. The van der Waals surface area contributed by atoms with Gasteiger partial charge in [-0.3, -0.25) is 4.79 Å².